The number of aliphatic imine (C=N–C) groups is 1. The molecule has 0 saturated carbocycles. The first-order valence-electron chi connectivity index (χ1n) is 30.9. The maximum absolute atomic E-state index is 15.1. The number of carbonyl (C=O) groups excluding carboxylic acids is 9. The third-order valence-electron chi connectivity index (χ3n) is 15.6. The molecule has 506 valence electrons. The molecule has 0 radical (unpaired) electrons. The number of guanidine groups is 1. The Morgan fingerprint density at radius 2 is 1.13 bits per heavy atom. The number of nitrogens with two attached hydrogens (primary N) is 3. The SMILES string of the molecule is CC[C@H](C)C(NC(=O)C(Cc1ccc(O)cc1)NC(=O)C(NC(=O)C(CCCN=C(N)N)NC(=O)C(N)CC(=O)O)C(C)C)C(=O)NC(Cc1cnc[nH]1)C(=O)N1CCC[C@H]1C(=O)NC(Cc1ccccc1)C(=O)NC(Cc1cnc[nH]1)C(=O)NC(CC(C)C)C(=O)O. The number of imidazole rings is 2. The van der Waals surface area contributed by atoms with Gasteiger partial charge in [0.05, 0.1) is 25.1 Å². The molecule has 3 heterocycles. The molecular weight excluding hydrogens is 1210 g/mol. The molecule has 1 saturated heterocycles. The van der Waals surface area contributed by atoms with E-state index in [1.807, 2.05) is 0 Å². The van der Waals surface area contributed by atoms with E-state index in [1.165, 1.54) is 54.2 Å². The van der Waals surface area contributed by atoms with Gasteiger partial charge in [-0.05, 0) is 73.1 Å². The molecule has 11 atom stereocenters. The topological polar surface area (TPSA) is 496 Å². The van der Waals surface area contributed by atoms with Crippen LogP contribution in [0.1, 0.15) is 109 Å². The van der Waals surface area contributed by atoms with Gasteiger partial charge >= 0.3 is 11.9 Å². The second kappa shape index (κ2) is 36.2. The number of phenols is 1. The number of aliphatic carboxylic acids is 2. The average Bonchev–Trinajstić information content (AvgIpc) is 1.81. The van der Waals surface area contributed by atoms with Gasteiger partial charge in [-0.2, -0.15) is 0 Å². The number of rotatable bonds is 37. The molecule has 9 unspecified atom stereocenters. The summed E-state index contributed by atoms with van der Waals surface area (Å²) in [4.78, 5) is 172. The number of nitrogens with one attached hydrogen (secondary N) is 10. The molecule has 31 nitrogen and oxygen atoms in total. The minimum Gasteiger partial charge on any atom is -0.508 e. The van der Waals surface area contributed by atoms with E-state index >= 15 is 4.79 Å². The van der Waals surface area contributed by atoms with E-state index in [9.17, 15) is 63.3 Å². The number of amides is 9. The first-order chi connectivity index (χ1) is 44.1. The number of benzene rings is 2. The van der Waals surface area contributed by atoms with Crippen LogP contribution in [0.3, 0.4) is 0 Å². The number of aromatic hydroxyl groups is 1. The smallest absolute Gasteiger partial charge is 0.326 e. The molecule has 5 rings (SSSR count). The normalized spacial score (nSPS) is 16.1. The van der Waals surface area contributed by atoms with Gasteiger partial charge in [0.25, 0.3) is 0 Å². The predicted molar refractivity (Wildman–Crippen MR) is 338 cm³/mol. The molecule has 93 heavy (non-hydrogen) atoms. The zero-order valence-corrected chi connectivity index (χ0v) is 53.1. The molecule has 31 heteroatoms. The van der Waals surface area contributed by atoms with Crippen molar-refractivity contribution >= 4 is 71.1 Å². The summed E-state index contributed by atoms with van der Waals surface area (Å²) in [7, 11) is 0. The Morgan fingerprint density at radius 3 is 1.68 bits per heavy atom. The molecule has 4 aromatic rings. The maximum Gasteiger partial charge on any atom is 0.326 e. The molecule has 2 aromatic heterocycles. The fourth-order valence-electron chi connectivity index (χ4n) is 10.4. The van der Waals surface area contributed by atoms with Gasteiger partial charge in [0.15, 0.2) is 5.96 Å². The summed E-state index contributed by atoms with van der Waals surface area (Å²) in [5.74, 6) is -11.7. The van der Waals surface area contributed by atoms with Crippen LogP contribution in [0.15, 0.2) is 84.6 Å². The van der Waals surface area contributed by atoms with Crippen LogP contribution >= 0.6 is 0 Å². The molecule has 0 spiro atoms. The zero-order chi connectivity index (χ0) is 68.5. The lowest BCUT2D eigenvalue weighted by molar-refractivity contribution is -0.143. The van der Waals surface area contributed by atoms with Gasteiger partial charge in [0.1, 0.15) is 60.1 Å². The van der Waals surface area contributed by atoms with Crippen LogP contribution in [0.2, 0.25) is 0 Å². The summed E-state index contributed by atoms with van der Waals surface area (Å²) in [6.07, 6.45) is 5.26. The summed E-state index contributed by atoms with van der Waals surface area (Å²) in [5.41, 5.74) is 18.7. The van der Waals surface area contributed by atoms with Crippen molar-refractivity contribution in [2.45, 2.75) is 173 Å². The Morgan fingerprint density at radius 1 is 0.624 bits per heavy atom. The Bertz CT molecular complexity index is 3180. The zero-order valence-electron chi connectivity index (χ0n) is 53.1. The van der Waals surface area contributed by atoms with Crippen molar-refractivity contribution < 1.29 is 68.1 Å². The molecule has 9 amide bonds. The molecule has 0 aliphatic carbocycles. The standard InChI is InChI=1S/C62H89N17O14/c1-7-35(6)51(78-56(87)44(25-37-17-19-40(80)20-18-37)74-58(89)50(34(4)5)77-53(84)42(15-11-21-68-62(64)65)71-52(83)41(63)28-49(81)82)59(90)75-46(27-39-30-67-32-70-39)60(91)79-22-12-16-48(79)57(88)73-43(24-36-13-9-8-10-14-36)54(85)72-45(26-38-29-66-31-69-38)55(86)76-47(61(92)93)23-33(2)3/h8-10,13-14,17-20,29-35,41-48,50-51,80H,7,11-12,15-16,21-28,63H2,1-6H3,(H,66,69)(H,67,70)(H,71,83)(H,72,85)(H,73,88)(H,74,89)(H,75,90)(H,76,86)(H,77,84)(H,78,87)(H,81,82)(H,92,93)(H4,64,65,68)/t35-,41?,42?,43?,44?,45?,46?,47?,48-,50?,51?/m0/s1. The number of carboxylic acid groups (broad SMARTS) is 2. The maximum atomic E-state index is 15.1. The number of H-pyrrole nitrogens is 2. The minimum absolute atomic E-state index is 0.0425. The lowest BCUT2D eigenvalue weighted by Gasteiger charge is -2.32. The van der Waals surface area contributed by atoms with Crippen molar-refractivity contribution in [2.24, 2.45) is 39.9 Å². The second-order valence-corrected chi connectivity index (χ2v) is 23.9. The first kappa shape index (κ1) is 73.8. The molecule has 1 fully saturated rings. The number of carboxylic acids is 2. The van der Waals surface area contributed by atoms with Crippen LogP contribution in [0.5, 0.6) is 5.75 Å². The molecule has 2 aromatic carbocycles. The molecular formula is C62H89N17O14. The summed E-state index contributed by atoms with van der Waals surface area (Å²) in [5, 5.41) is 50.8. The summed E-state index contributed by atoms with van der Waals surface area (Å²) in [6, 6.07) is 0.810. The highest BCUT2D eigenvalue weighted by molar-refractivity contribution is 5.99. The van der Waals surface area contributed by atoms with Gasteiger partial charge in [0, 0.05) is 62.6 Å². The van der Waals surface area contributed by atoms with Gasteiger partial charge in [0.2, 0.25) is 53.2 Å². The van der Waals surface area contributed by atoms with Crippen molar-refractivity contribution in [1.82, 2.24) is 67.4 Å². The highest BCUT2D eigenvalue weighted by atomic mass is 16.4. The third kappa shape index (κ3) is 23.7. The summed E-state index contributed by atoms with van der Waals surface area (Å²) < 4.78 is 0. The minimum atomic E-state index is -1.53. The van der Waals surface area contributed by atoms with E-state index in [0.29, 0.717) is 35.4 Å². The lowest BCUT2D eigenvalue weighted by Crippen LogP contribution is -2.62. The van der Waals surface area contributed by atoms with Crippen molar-refractivity contribution in [1.29, 1.82) is 0 Å². The first-order valence-corrected chi connectivity index (χ1v) is 30.9. The van der Waals surface area contributed by atoms with E-state index in [0.717, 1.165) is 0 Å². The fraction of sp³-hybridized carbons (Fsp3) is 0.516. The van der Waals surface area contributed by atoms with E-state index in [4.69, 9.17) is 17.2 Å². The number of aromatic amines is 2. The quantitative estimate of drug-likeness (QED) is 0.0141. The second-order valence-electron chi connectivity index (χ2n) is 23.9. The third-order valence-corrected chi connectivity index (χ3v) is 15.6. The number of aromatic nitrogens is 4. The number of nitrogens with zero attached hydrogens (tertiary/aromatic N) is 4. The van der Waals surface area contributed by atoms with Crippen LogP contribution < -0.4 is 59.7 Å². The number of hydrogen-bond acceptors (Lipinski definition) is 16. The van der Waals surface area contributed by atoms with Crippen LogP contribution in [0.25, 0.3) is 0 Å². The van der Waals surface area contributed by atoms with E-state index in [1.54, 1.807) is 71.9 Å². The van der Waals surface area contributed by atoms with Crippen molar-refractivity contribution in [3.8, 4) is 5.75 Å². The van der Waals surface area contributed by atoms with Crippen LogP contribution in [0, 0.1) is 17.8 Å². The van der Waals surface area contributed by atoms with Gasteiger partial charge in [-0.25, -0.2) is 14.8 Å². The Hall–Kier alpha value is -9.94. The van der Waals surface area contributed by atoms with Crippen molar-refractivity contribution in [3.63, 3.8) is 0 Å². The Kier molecular flexibility index (Phi) is 28.7. The van der Waals surface area contributed by atoms with Gasteiger partial charge in [-0.3, -0.25) is 52.9 Å². The van der Waals surface area contributed by atoms with Gasteiger partial charge in [-0.1, -0.05) is 90.4 Å². The molecule has 1 aliphatic heterocycles. The molecule has 1 aliphatic rings. The number of hydrogen-bond donors (Lipinski definition) is 16. The van der Waals surface area contributed by atoms with Crippen molar-refractivity contribution in [3.05, 3.63) is 102 Å². The summed E-state index contributed by atoms with van der Waals surface area (Å²) in [6.45, 7) is 10.4. The Balaban J connectivity index is 1.40. The number of likely N-dealkylation sites (tertiary alicyclic amines) is 1. The van der Waals surface area contributed by atoms with Gasteiger partial charge in [-0.15, -0.1) is 0 Å². The van der Waals surface area contributed by atoms with Crippen LogP contribution in [-0.4, -0.2) is 185 Å². The van der Waals surface area contributed by atoms with Crippen LogP contribution in [-0.2, 0) is 78.4 Å². The van der Waals surface area contributed by atoms with E-state index in [-0.39, 0.29) is 82.1 Å². The highest BCUT2D eigenvalue weighted by Crippen LogP contribution is 2.22. The number of phenolic OH excluding ortho intramolecular Hbond substituents is 1. The fourth-order valence-corrected chi connectivity index (χ4v) is 10.4. The lowest BCUT2D eigenvalue weighted by atomic mass is 9.96. The average molecular weight is 1300 g/mol. The molecule has 0 bridgehead atoms. The van der Waals surface area contributed by atoms with E-state index in [2.05, 4.69) is 67.5 Å². The van der Waals surface area contributed by atoms with E-state index < -0.39 is 144 Å². The summed E-state index contributed by atoms with van der Waals surface area (Å²) >= 11 is 0. The number of carbonyl (C=O) groups is 11. The Labute approximate surface area is 538 Å². The monoisotopic (exact) mass is 1300 g/mol. The predicted octanol–water partition coefficient (Wildman–Crippen LogP) is -1.33. The molecule has 19 N–H and O–H groups in total. The van der Waals surface area contributed by atoms with Crippen molar-refractivity contribution in [2.75, 3.05) is 13.1 Å². The highest BCUT2D eigenvalue weighted by Gasteiger charge is 2.42. The van der Waals surface area contributed by atoms with Crippen LogP contribution in [0.4, 0.5) is 0 Å². The van der Waals surface area contributed by atoms with Gasteiger partial charge < -0.3 is 89.9 Å². The largest absolute Gasteiger partial charge is 0.508 e.